The number of hydrogen-bond donors (Lipinski definition) is 2. The van der Waals surface area contributed by atoms with Gasteiger partial charge in [0.25, 0.3) is 5.56 Å². The summed E-state index contributed by atoms with van der Waals surface area (Å²) in [5.41, 5.74) is 2.11. The van der Waals surface area contributed by atoms with Gasteiger partial charge in [0.2, 0.25) is 5.91 Å². The van der Waals surface area contributed by atoms with E-state index in [-0.39, 0.29) is 37.1 Å². The van der Waals surface area contributed by atoms with Crippen molar-refractivity contribution in [2.45, 2.75) is 32.9 Å². The first-order valence-electron chi connectivity index (χ1n) is 10.2. The fourth-order valence-electron chi connectivity index (χ4n) is 3.49. The SMILES string of the molecule is COc1cccc([C@@H](C)NC(=O)Cn2c(-c3ccc(Cl)cc3)nc(C)c(CCO)c2=O)c1. The van der Waals surface area contributed by atoms with Crippen molar-refractivity contribution in [1.82, 2.24) is 14.9 Å². The van der Waals surface area contributed by atoms with Gasteiger partial charge in [-0.2, -0.15) is 0 Å². The summed E-state index contributed by atoms with van der Waals surface area (Å²) in [6, 6.07) is 14.0. The Hall–Kier alpha value is -3.16. The van der Waals surface area contributed by atoms with Gasteiger partial charge in [-0.25, -0.2) is 4.98 Å². The first kappa shape index (κ1) is 23.5. The second-order valence-corrected chi connectivity index (χ2v) is 7.87. The number of hydrogen-bond acceptors (Lipinski definition) is 5. The van der Waals surface area contributed by atoms with Gasteiger partial charge in [-0.1, -0.05) is 23.7 Å². The van der Waals surface area contributed by atoms with Crippen LogP contribution in [0.5, 0.6) is 5.75 Å². The molecule has 0 aliphatic carbocycles. The minimum atomic E-state index is -0.347. The number of amides is 1. The number of ether oxygens (including phenoxy) is 1. The Bertz CT molecular complexity index is 1160. The van der Waals surface area contributed by atoms with Crippen molar-refractivity contribution < 1.29 is 14.6 Å². The van der Waals surface area contributed by atoms with Crippen LogP contribution in [0.1, 0.15) is 29.8 Å². The average Bonchev–Trinajstić information content (AvgIpc) is 2.79. The third-order valence-electron chi connectivity index (χ3n) is 5.21. The molecule has 0 spiro atoms. The van der Waals surface area contributed by atoms with Crippen LogP contribution in [-0.2, 0) is 17.8 Å². The summed E-state index contributed by atoms with van der Waals surface area (Å²) >= 11 is 6.00. The Labute approximate surface area is 191 Å². The van der Waals surface area contributed by atoms with Crippen molar-refractivity contribution in [2.75, 3.05) is 13.7 Å². The van der Waals surface area contributed by atoms with Crippen LogP contribution in [0.2, 0.25) is 5.02 Å². The summed E-state index contributed by atoms with van der Waals surface area (Å²) in [7, 11) is 1.58. The van der Waals surface area contributed by atoms with Crippen LogP contribution in [0, 0.1) is 6.92 Å². The zero-order valence-electron chi connectivity index (χ0n) is 18.3. The predicted molar refractivity (Wildman–Crippen MR) is 124 cm³/mol. The summed E-state index contributed by atoms with van der Waals surface area (Å²) in [6.07, 6.45) is 0.167. The lowest BCUT2D eigenvalue weighted by Crippen LogP contribution is -2.36. The van der Waals surface area contributed by atoms with Crippen LogP contribution in [0.15, 0.2) is 53.3 Å². The number of aliphatic hydroxyl groups excluding tert-OH is 1. The van der Waals surface area contributed by atoms with Gasteiger partial charge >= 0.3 is 0 Å². The normalized spacial score (nSPS) is 11.8. The summed E-state index contributed by atoms with van der Waals surface area (Å²) < 4.78 is 6.59. The number of methoxy groups -OCH3 is 1. The van der Waals surface area contributed by atoms with E-state index in [1.54, 1.807) is 38.3 Å². The number of aliphatic hydroxyl groups is 1. The van der Waals surface area contributed by atoms with E-state index in [4.69, 9.17) is 16.3 Å². The number of carbonyl (C=O) groups is 1. The molecule has 1 amide bonds. The summed E-state index contributed by atoms with van der Waals surface area (Å²) in [5.74, 6) is 0.731. The molecule has 168 valence electrons. The van der Waals surface area contributed by atoms with Crippen LogP contribution in [0.3, 0.4) is 0 Å². The number of rotatable bonds is 8. The number of nitrogens with zero attached hydrogens (tertiary/aromatic N) is 2. The summed E-state index contributed by atoms with van der Waals surface area (Å²) in [5, 5.41) is 12.8. The monoisotopic (exact) mass is 455 g/mol. The van der Waals surface area contributed by atoms with Crippen LogP contribution >= 0.6 is 11.6 Å². The van der Waals surface area contributed by atoms with Crippen molar-refractivity contribution in [3.8, 4) is 17.1 Å². The molecule has 1 heterocycles. The van der Waals surface area contributed by atoms with Crippen LogP contribution in [0.25, 0.3) is 11.4 Å². The lowest BCUT2D eigenvalue weighted by molar-refractivity contribution is -0.122. The Morgan fingerprint density at radius 1 is 1.25 bits per heavy atom. The lowest BCUT2D eigenvalue weighted by Gasteiger charge is -2.18. The van der Waals surface area contributed by atoms with Crippen LogP contribution in [0.4, 0.5) is 0 Å². The van der Waals surface area contributed by atoms with E-state index < -0.39 is 0 Å². The second kappa shape index (κ2) is 10.4. The standard InChI is InChI=1S/C24H26ClN3O4/c1-15(18-5-4-6-20(13-18)32-3)26-22(30)14-28-23(17-7-9-19(25)10-8-17)27-16(2)21(11-12-29)24(28)31/h4-10,13,15,29H,11-12,14H2,1-3H3,(H,26,30)/t15-/m1/s1. The van der Waals surface area contributed by atoms with Gasteiger partial charge in [0.05, 0.1) is 13.2 Å². The highest BCUT2D eigenvalue weighted by Gasteiger charge is 2.19. The smallest absolute Gasteiger partial charge is 0.257 e. The van der Waals surface area contributed by atoms with Gasteiger partial charge in [-0.3, -0.25) is 14.2 Å². The Morgan fingerprint density at radius 3 is 2.62 bits per heavy atom. The highest BCUT2D eigenvalue weighted by Crippen LogP contribution is 2.21. The number of aromatic nitrogens is 2. The fraction of sp³-hybridized carbons (Fsp3) is 0.292. The van der Waals surface area contributed by atoms with E-state index in [0.29, 0.717) is 33.4 Å². The number of aryl methyl sites for hydroxylation is 1. The maximum Gasteiger partial charge on any atom is 0.257 e. The van der Waals surface area contributed by atoms with E-state index in [0.717, 1.165) is 5.56 Å². The molecule has 0 saturated carbocycles. The van der Waals surface area contributed by atoms with Crippen LogP contribution in [-0.4, -0.2) is 34.3 Å². The third kappa shape index (κ3) is 5.36. The molecular weight excluding hydrogens is 430 g/mol. The Morgan fingerprint density at radius 2 is 1.97 bits per heavy atom. The highest BCUT2D eigenvalue weighted by atomic mass is 35.5. The van der Waals surface area contributed by atoms with Gasteiger partial charge in [0, 0.05) is 34.9 Å². The number of halogens is 1. The molecule has 1 aromatic heterocycles. The summed E-state index contributed by atoms with van der Waals surface area (Å²) in [6.45, 7) is 3.19. The largest absolute Gasteiger partial charge is 0.497 e. The fourth-order valence-corrected chi connectivity index (χ4v) is 3.62. The molecule has 1 atom stereocenters. The van der Waals surface area contributed by atoms with Gasteiger partial charge < -0.3 is 15.2 Å². The predicted octanol–water partition coefficient (Wildman–Crippen LogP) is 3.29. The Kier molecular flexibility index (Phi) is 7.66. The molecule has 0 radical (unpaired) electrons. The zero-order chi connectivity index (χ0) is 23.3. The van der Waals surface area contributed by atoms with Crippen LogP contribution < -0.4 is 15.6 Å². The maximum absolute atomic E-state index is 13.2. The van der Waals surface area contributed by atoms with Crippen molar-refractivity contribution in [1.29, 1.82) is 0 Å². The molecule has 0 aliphatic heterocycles. The first-order chi connectivity index (χ1) is 15.3. The van der Waals surface area contributed by atoms with Gasteiger partial charge in [-0.15, -0.1) is 0 Å². The topological polar surface area (TPSA) is 93.4 Å². The van der Waals surface area contributed by atoms with E-state index in [9.17, 15) is 14.7 Å². The number of benzene rings is 2. The van der Waals surface area contributed by atoms with E-state index in [1.807, 2.05) is 31.2 Å². The van der Waals surface area contributed by atoms with Crippen molar-refractivity contribution in [2.24, 2.45) is 0 Å². The zero-order valence-corrected chi connectivity index (χ0v) is 19.0. The molecule has 3 aromatic rings. The Balaban J connectivity index is 1.94. The minimum absolute atomic E-state index is 0.167. The number of nitrogens with one attached hydrogen (secondary N) is 1. The molecule has 0 unspecified atom stereocenters. The second-order valence-electron chi connectivity index (χ2n) is 7.44. The van der Waals surface area contributed by atoms with Crippen molar-refractivity contribution >= 4 is 17.5 Å². The molecule has 32 heavy (non-hydrogen) atoms. The number of carbonyl (C=O) groups excluding carboxylic acids is 1. The molecule has 2 N–H and O–H groups in total. The third-order valence-corrected chi connectivity index (χ3v) is 5.46. The summed E-state index contributed by atoms with van der Waals surface area (Å²) in [4.78, 5) is 30.7. The molecule has 8 heteroatoms. The average molecular weight is 456 g/mol. The van der Waals surface area contributed by atoms with E-state index in [2.05, 4.69) is 10.3 Å². The van der Waals surface area contributed by atoms with Crippen molar-refractivity contribution in [3.63, 3.8) is 0 Å². The molecule has 3 rings (SSSR count). The van der Waals surface area contributed by atoms with Gasteiger partial charge in [-0.05, 0) is 55.8 Å². The molecule has 0 saturated heterocycles. The lowest BCUT2D eigenvalue weighted by atomic mass is 10.1. The highest BCUT2D eigenvalue weighted by molar-refractivity contribution is 6.30. The first-order valence-corrected chi connectivity index (χ1v) is 10.6. The van der Waals surface area contributed by atoms with E-state index in [1.165, 1.54) is 4.57 Å². The molecule has 2 aromatic carbocycles. The van der Waals surface area contributed by atoms with Gasteiger partial charge in [0.1, 0.15) is 18.1 Å². The molecular formula is C24H26ClN3O4. The molecule has 0 aliphatic rings. The maximum atomic E-state index is 13.2. The van der Waals surface area contributed by atoms with Gasteiger partial charge in [0.15, 0.2) is 0 Å². The minimum Gasteiger partial charge on any atom is -0.497 e. The quantitative estimate of drug-likeness (QED) is 0.543. The van der Waals surface area contributed by atoms with Crippen molar-refractivity contribution in [3.05, 3.63) is 80.7 Å². The molecule has 7 nitrogen and oxygen atoms in total. The molecule has 0 fully saturated rings. The molecule has 0 bridgehead atoms. The van der Waals surface area contributed by atoms with E-state index >= 15 is 0 Å².